The van der Waals surface area contributed by atoms with Crippen LogP contribution in [-0.4, -0.2) is 13.7 Å². The van der Waals surface area contributed by atoms with Crippen LogP contribution < -0.4 is 15.2 Å². The van der Waals surface area contributed by atoms with E-state index in [0.29, 0.717) is 6.54 Å². The summed E-state index contributed by atoms with van der Waals surface area (Å²) in [6.07, 6.45) is 10.5. The molecule has 1 aromatic rings. The van der Waals surface area contributed by atoms with Gasteiger partial charge in [0.25, 0.3) is 0 Å². The molecule has 0 saturated heterocycles. The van der Waals surface area contributed by atoms with Crippen LogP contribution in [-0.2, 0) is 6.54 Å². The highest BCUT2D eigenvalue weighted by Crippen LogP contribution is 2.28. The van der Waals surface area contributed by atoms with E-state index in [9.17, 15) is 0 Å². The fraction of sp³-hybridized carbons (Fsp3) is 0.667. The molecule has 0 fully saturated rings. The van der Waals surface area contributed by atoms with Crippen LogP contribution in [0.25, 0.3) is 0 Å². The van der Waals surface area contributed by atoms with Crippen LogP contribution in [0.3, 0.4) is 0 Å². The van der Waals surface area contributed by atoms with Crippen molar-refractivity contribution in [1.29, 1.82) is 0 Å². The molecule has 0 aliphatic rings. The topological polar surface area (TPSA) is 44.5 Å². The molecule has 0 amide bonds. The summed E-state index contributed by atoms with van der Waals surface area (Å²) in [5.41, 5.74) is 6.69. The number of hydrogen-bond acceptors (Lipinski definition) is 3. The van der Waals surface area contributed by atoms with Gasteiger partial charge in [0.2, 0.25) is 0 Å². The molecule has 0 bridgehead atoms. The van der Waals surface area contributed by atoms with Gasteiger partial charge in [0.15, 0.2) is 11.5 Å². The number of nitrogens with two attached hydrogens (primary N) is 1. The van der Waals surface area contributed by atoms with Gasteiger partial charge >= 0.3 is 0 Å². The monoisotopic (exact) mass is 293 g/mol. The number of unbranched alkanes of at least 4 members (excludes halogenated alkanes) is 7. The van der Waals surface area contributed by atoms with E-state index in [1.54, 1.807) is 7.11 Å². The van der Waals surface area contributed by atoms with Crippen molar-refractivity contribution in [1.82, 2.24) is 0 Å². The lowest BCUT2D eigenvalue weighted by atomic mass is 10.1. The van der Waals surface area contributed by atoms with Crippen LogP contribution in [0.15, 0.2) is 18.2 Å². The van der Waals surface area contributed by atoms with Crippen LogP contribution in [0, 0.1) is 0 Å². The second-order valence-electron chi connectivity index (χ2n) is 5.51. The largest absolute Gasteiger partial charge is 0.493 e. The molecule has 0 unspecified atom stereocenters. The molecule has 0 radical (unpaired) electrons. The Morgan fingerprint density at radius 3 is 2.19 bits per heavy atom. The Balaban J connectivity index is 2.15. The van der Waals surface area contributed by atoms with Crippen LogP contribution in [0.1, 0.15) is 63.9 Å². The number of benzene rings is 1. The lowest BCUT2D eigenvalue weighted by Gasteiger charge is -2.11. The molecule has 1 rings (SSSR count). The predicted octanol–water partition coefficient (Wildman–Crippen LogP) is 4.67. The molecule has 3 nitrogen and oxygen atoms in total. The van der Waals surface area contributed by atoms with E-state index < -0.39 is 0 Å². The van der Waals surface area contributed by atoms with Gasteiger partial charge < -0.3 is 15.2 Å². The maximum absolute atomic E-state index is 5.81. The zero-order valence-corrected chi connectivity index (χ0v) is 13.7. The molecular weight excluding hydrogens is 262 g/mol. The number of ether oxygens (including phenoxy) is 2. The summed E-state index contributed by atoms with van der Waals surface area (Å²) in [6, 6.07) is 5.89. The predicted molar refractivity (Wildman–Crippen MR) is 89.0 cm³/mol. The summed E-state index contributed by atoms with van der Waals surface area (Å²) in [5, 5.41) is 0. The standard InChI is InChI=1S/C18H31NO2/c1-3-4-5-6-7-8-9-10-13-21-17-12-11-16(15-19)14-18(17)20-2/h11-12,14H,3-10,13,15,19H2,1-2H3. The Morgan fingerprint density at radius 2 is 1.57 bits per heavy atom. The molecule has 21 heavy (non-hydrogen) atoms. The summed E-state index contributed by atoms with van der Waals surface area (Å²) in [4.78, 5) is 0. The molecule has 0 heterocycles. The van der Waals surface area contributed by atoms with E-state index in [4.69, 9.17) is 15.2 Å². The molecule has 0 atom stereocenters. The SMILES string of the molecule is CCCCCCCCCCOc1ccc(CN)cc1OC. The van der Waals surface area contributed by atoms with Gasteiger partial charge in [-0.25, -0.2) is 0 Å². The Kier molecular flexibility index (Phi) is 9.71. The Hall–Kier alpha value is -1.22. The van der Waals surface area contributed by atoms with Gasteiger partial charge in [-0.15, -0.1) is 0 Å². The van der Waals surface area contributed by atoms with Gasteiger partial charge in [0, 0.05) is 6.54 Å². The minimum absolute atomic E-state index is 0.522. The van der Waals surface area contributed by atoms with Crippen molar-refractivity contribution in [2.45, 2.75) is 64.8 Å². The first-order chi connectivity index (χ1) is 10.3. The second kappa shape index (κ2) is 11.4. The summed E-state index contributed by atoms with van der Waals surface area (Å²) >= 11 is 0. The first-order valence-electron chi connectivity index (χ1n) is 8.31. The van der Waals surface area contributed by atoms with Crippen LogP contribution in [0.2, 0.25) is 0 Å². The third kappa shape index (κ3) is 7.37. The van der Waals surface area contributed by atoms with Crippen LogP contribution in [0.4, 0.5) is 0 Å². The Bertz CT molecular complexity index is 379. The van der Waals surface area contributed by atoms with E-state index in [1.165, 1.54) is 44.9 Å². The van der Waals surface area contributed by atoms with Crippen molar-refractivity contribution in [3.05, 3.63) is 23.8 Å². The van der Waals surface area contributed by atoms with Crippen molar-refractivity contribution in [3.8, 4) is 11.5 Å². The van der Waals surface area contributed by atoms with Crippen LogP contribution in [0.5, 0.6) is 11.5 Å². The maximum atomic E-state index is 5.81. The molecule has 0 aliphatic carbocycles. The molecular formula is C18H31NO2. The highest BCUT2D eigenvalue weighted by atomic mass is 16.5. The van der Waals surface area contributed by atoms with Crippen molar-refractivity contribution in [3.63, 3.8) is 0 Å². The minimum Gasteiger partial charge on any atom is -0.493 e. The van der Waals surface area contributed by atoms with Gasteiger partial charge in [-0.1, -0.05) is 57.9 Å². The summed E-state index contributed by atoms with van der Waals surface area (Å²) < 4.78 is 11.1. The van der Waals surface area contributed by atoms with E-state index in [1.807, 2.05) is 18.2 Å². The molecule has 0 aliphatic heterocycles. The molecule has 0 aromatic heterocycles. The summed E-state index contributed by atoms with van der Waals surface area (Å²) in [7, 11) is 1.67. The maximum Gasteiger partial charge on any atom is 0.161 e. The highest BCUT2D eigenvalue weighted by molar-refractivity contribution is 5.42. The lowest BCUT2D eigenvalue weighted by molar-refractivity contribution is 0.284. The average molecular weight is 293 g/mol. The first-order valence-corrected chi connectivity index (χ1v) is 8.31. The molecule has 2 N–H and O–H groups in total. The van der Waals surface area contributed by atoms with Crippen molar-refractivity contribution in [2.24, 2.45) is 5.73 Å². The van der Waals surface area contributed by atoms with Gasteiger partial charge in [-0.05, 0) is 24.1 Å². The third-order valence-electron chi connectivity index (χ3n) is 3.72. The smallest absolute Gasteiger partial charge is 0.161 e. The van der Waals surface area contributed by atoms with E-state index >= 15 is 0 Å². The zero-order valence-electron chi connectivity index (χ0n) is 13.7. The second-order valence-corrected chi connectivity index (χ2v) is 5.51. The van der Waals surface area contributed by atoms with Gasteiger partial charge in [0.05, 0.1) is 13.7 Å². The molecule has 1 aromatic carbocycles. The number of hydrogen-bond donors (Lipinski definition) is 1. The van der Waals surface area contributed by atoms with Crippen molar-refractivity contribution >= 4 is 0 Å². The quantitative estimate of drug-likeness (QED) is 0.569. The van der Waals surface area contributed by atoms with Gasteiger partial charge in [-0.2, -0.15) is 0 Å². The lowest BCUT2D eigenvalue weighted by Crippen LogP contribution is -2.01. The highest BCUT2D eigenvalue weighted by Gasteiger charge is 2.04. The Labute approximate surface area is 129 Å². The molecule has 0 spiro atoms. The average Bonchev–Trinajstić information content (AvgIpc) is 2.53. The first kappa shape index (κ1) is 17.8. The minimum atomic E-state index is 0.522. The molecule has 3 heteroatoms. The fourth-order valence-electron chi connectivity index (χ4n) is 2.38. The summed E-state index contributed by atoms with van der Waals surface area (Å²) in [5.74, 6) is 1.59. The van der Waals surface area contributed by atoms with E-state index in [2.05, 4.69) is 6.92 Å². The van der Waals surface area contributed by atoms with E-state index in [0.717, 1.165) is 30.1 Å². The van der Waals surface area contributed by atoms with Crippen molar-refractivity contribution in [2.75, 3.05) is 13.7 Å². The third-order valence-corrected chi connectivity index (χ3v) is 3.72. The number of rotatable bonds is 12. The van der Waals surface area contributed by atoms with Gasteiger partial charge in [-0.3, -0.25) is 0 Å². The Morgan fingerprint density at radius 1 is 0.905 bits per heavy atom. The van der Waals surface area contributed by atoms with Gasteiger partial charge in [0.1, 0.15) is 0 Å². The summed E-state index contributed by atoms with van der Waals surface area (Å²) in [6.45, 7) is 3.54. The molecule has 0 saturated carbocycles. The van der Waals surface area contributed by atoms with Crippen molar-refractivity contribution < 1.29 is 9.47 Å². The van der Waals surface area contributed by atoms with E-state index in [-0.39, 0.29) is 0 Å². The fourth-order valence-corrected chi connectivity index (χ4v) is 2.38. The van der Waals surface area contributed by atoms with Crippen LogP contribution >= 0.6 is 0 Å². The normalized spacial score (nSPS) is 10.6. The molecule has 120 valence electrons. The number of methoxy groups -OCH3 is 1. The zero-order chi connectivity index (χ0) is 15.3.